The summed E-state index contributed by atoms with van der Waals surface area (Å²) in [5.74, 6) is -1.39. The van der Waals surface area contributed by atoms with E-state index in [4.69, 9.17) is 16.3 Å². The van der Waals surface area contributed by atoms with Gasteiger partial charge in [0.05, 0.1) is 5.54 Å². The summed E-state index contributed by atoms with van der Waals surface area (Å²) in [6.07, 6.45) is 2.55. The molecule has 0 atom stereocenters. The van der Waals surface area contributed by atoms with E-state index >= 15 is 0 Å². The maximum Gasteiger partial charge on any atom is 0.422 e. The molecule has 0 bridgehead atoms. The first-order valence-electron chi connectivity index (χ1n) is 18.3. The van der Waals surface area contributed by atoms with Gasteiger partial charge in [-0.15, -0.1) is 0 Å². The Hall–Kier alpha value is -4.50. The van der Waals surface area contributed by atoms with Gasteiger partial charge in [-0.2, -0.15) is 28.1 Å². The Labute approximate surface area is 317 Å². The van der Waals surface area contributed by atoms with Crippen LogP contribution in [0.4, 0.5) is 30.8 Å². The van der Waals surface area contributed by atoms with E-state index < -0.39 is 41.4 Å². The zero-order valence-electron chi connectivity index (χ0n) is 30.5. The molecule has 12 nitrogen and oxygen atoms in total. The number of amides is 2. The van der Waals surface area contributed by atoms with E-state index in [0.29, 0.717) is 16.3 Å². The van der Waals surface area contributed by atoms with Gasteiger partial charge in [-0.1, -0.05) is 37.6 Å². The lowest BCUT2D eigenvalue weighted by atomic mass is 9.93. The molecule has 1 aromatic heterocycles. The molecule has 290 valence electrons. The van der Waals surface area contributed by atoms with Gasteiger partial charge in [0, 0.05) is 42.3 Å². The van der Waals surface area contributed by atoms with Gasteiger partial charge >= 0.3 is 12.2 Å². The van der Waals surface area contributed by atoms with Crippen LogP contribution in [-0.2, 0) is 15.1 Å². The van der Waals surface area contributed by atoms with Crippen molar-refractivity contribution >= 4 is 46.8 Å². The van der Waals surface area contributed by atoms with Gasteiger partial charge < -0.3 is 30.9 Å². The molecule has 4 N–H and O–H groups in total. The first-order valence-corrected chi connectivity index (χ1v) is 18.7. The Morgan fingerprint density at radius 3 is 2.15 bits per heavy atom. The van der Waals surface area contributed by atoms with Crippen LogP contribution in [0.1, 0.15) is 81.1 Å². The fraction of sp³-hybridized carbons (Fsp3) is 0.526. The van der Waals surface area contributed by atoms with Crippen LogP contribution in [0.2, 0.25) is 5.02 Å². The Morgan fingerprint density at radius 1 is 0.870 bits per heavy atom. The van der Waals surface area contributed by atoms with Crippen molar-refractivity contribution in [1.29, 1.82) is 0 Å². The van der Waals surface area contributed by atoms with Crippen molar-refractivity contribution in [2.75, 3.05) is 50.0 Å². The number of halogens is 4. The SMILES string of the molecule is CC(C)(CNC(=O)C(=O)CCC1(CN2CCCC2)CC1)CNC(=O)c1ccc(Nc2nc(NC3(c4ccc(Cl)cc4)CC3)nc(OCC(F)(F)F)n2)cc1. The van der Waals surface area contributed by atoms with Gasteiger partial charge in [0.1, 0.15) is 0 Å². The quantitative estimate of drug-likeness (QED) is 0.107. The van der Waals surface area contributed by atoms with Crippen molar-refractivity contribution < 1.29 is 32.3 Å². The molecule has 2 heterocycles. The van der Waals surface area contributed by atoms with Crippen molar-refractivity contribution in [3.05, 3.63) is 64.7 Å². The summed E-state index contributed by atoms with van der Waals surface area (Å²) in [5, 5.41) is 12.4. The van der Waals surface area contributed by atoms with Crippen LogP contribution >= 0.6 is 11.6 Å². The average Bonchev–Trinajstić information content (AvgIpc) is 4.03. The van der Waals surface area contributed by atoms with Gasteiger partial charge in [0.2, 0.25) is 17.7 Å². The van der Waals surface area contributed by atoms with Crippen molar-refractivity contribution in [1.82, 2.24) is 30.5 Å². The van der Waals surface area contributed by atoms with Crippen molar-refractivity contribution in [3.63, 3.8) is 0 Å². The van der Waals surface area contributed by atoms with Crippen LogP contribution in [-0.4, -0.2) is 83.0 Å². The molecule has 2 aromatic carbocycles. The van der Waals surface area contributed by atoms with E-state index in [0.717, 1.165) is 57.3 Å². The molecule has 54 heavy (non-hydrogen) atoms. The first kappa shape index (κ1) is 39.2. The number of ketones is 1. The highest BCUT2D eigenvalue weighted by molar-refractivity contribution is 6.36. The standard InChI is InChI=1S/C38H46ClF3N8O4/c1-35(2,22-44-31(53)29(51)13-14-36(15-16-36)23-50-19-3-4-20-50)21-43-30(52)25-5-11-28(12-6-25)45-32-46-33(48-34(47-32)54-24-38(40,41)42)49-37(17-18-37)26-7-9-27(39)10-8-26/h5-12H,3-4,13-24H2,1-2H3,(H,43,52)(H,44,53)(H2,45,46,47,48,49). The Bertz CT molecular complexity index is 1810. The molecular weight excluding hydrogens is 725 g/mol. The number of carbonyl (C=O) groups is 3. The van der Waals surface area contributed by atoms with Gasteiger partial charge in [-0.05, 0) is 111 Å². The minimum atomic E-state index is -4.60. The zero-order valence-corrected chi connectivity index (χ0v) is 31.2. The molecule has 1 aliphatic heterocycles. The van der Waals surface area contributed by atoms with Gasteiger partial charge in [0.15, 0.2) is 6.61 Å². The first-order chi connectivity index (χ1) is 25.6. The van der Waals surface area contributed by atoms with Crippen LogP contribution in [0, 0.1) is 10.8 Å². The molecule has 3 aromatic rings. The van der Waals surface area contributed by atoms with Crippen LogP contribution < -0.4 is 26.0 Å². The summed E-state index contributed by atoms with van der Waals surface area (Å²) in [6.45, 7) is 5.88. The number of alkyl halides is 3. The fourth-order valence-electron chi connectivity index (χ4n) is 6.58. The minimum absolute atomic E-state index is 0.0239. The number of rotatable bonds is 18. The Kier molecular flexibility index (Phi) is 11.7. The maximum atomic E-state index is 13.0. The van der Waals surface area contributed by atoms with Crippen LogP contribution in [0.15, 0.2) is 48.5 Å². The maximum absolute atomic E-state index is 13.0. The van der Waals surface area contributed by atoms with Crippen LogP contribution in [0.25, 0.3) is 0 Å². The molecule has 6 rings (SSSR count). The van der Waals surface area contributed by atoms with Crippen molar-refractivity contribution in [2.45, 2.75) is 76.9 Å². The molecule has 0 unspecified atom stereocenters. The second-order valence-corrected chi connectivity index (χ2v) is 16.0. The number of aromatic nitrogens is 3. The summed E-state index contributed by atoms with van der Waals surface area (Å²) in [4.78, 5) is 53.2. The number of benzene rings is 2. The third-order valence-corrected chi connectivity index (χ3v) is 10.4. The van der Waals surface area contributed by atoms with E-state index in [1.807, 2.05) is 26.0 Å². The van der Waals surface area contributed by atoms with Crippen LogP contribution in [0.3, 0.4) is 0 Å². The number of hydrogen-bond acceptors (Lipinski definition) is 10. The largest absolute Gasteiger partial charge is 0.454 e. The normalized spacial score (nSPS) is 17.4. The van der Waals surface area contributed by atoms with E-state index in [1.54, 1.807) is 36.4 Å². The Balaban J connectivity index is 0.995. The summed E-state index contributed by atoms with van der Waals surface area (Å²) in [5.41, 5.74) is 0.872. The number of likely N-dealkylation sites (tertiary alicyclic amines) is 1. The zero-order chi connectivity index (χ0) is 38.6. The highest BCUT2D eigenvalue weighted by Crippen LogP contribution is 2.50. The van der Waals surface area contributed by atoms with E-state index in [-0.39, 0.29) is 42.7 Å². The third kappa shape index (κ3) is 11.0. The summed E-state index contributed by atoms with van der Waals surface area (Å²) in [7, 11) is 0. The number of hydrogen-bond donors (Lipinski definition) is 4. The lowest BCUT2D eigenvalue weighted by Crippen LogP contribution is -2.43. The van der Waals surface area contributed by atoms with Gasteiger partial charge in [0.25, 0.3) is 11.8 Å². The van der Waals surface area contributed by atoms with Crippen molar-refractivity contribution in [3.8, 4) is 6.01 Å². The lowest BCUT2D eigenvalue weighted by Gasteiger charge is -2.25. The predicted molar refractivity (Wildman–Crippen MR) is 198 cm³/mol. The Morgan fingerprint density at radius 2 is 1.52 bits per heavy atom. The number of anilines is 3. The number of nitrogens with zero attached hydrogens (tertiary/aromatic N) is 4. The smallest absolute Gasteiger partial charge is 0.422 e. The van der Waals surface area contributed by atoms with Gasteiger partial charge in [-0.3, -0.25) is 14.4 Å². The molecule has 0 spiro atoms. The minimum Gasteiger partial charge on any atom is -0.454 e. The highest BCUT2D eigenvalue weighted by atomic mass is 35.5. The molecule has 3 fully saturated rings. The molecule has 1 saturated heterocycles. The molecule has 16 heteroatoms. The molecular formula is C38H46ClF3N8O4. The summed E-state index contributed by atoms with van der Waals surface area (Å²) < 4.78 is 43.7. The molecule has 2 aliphatic carbocycles. The fourth-order valence-corrected chi connectivity index (χ4v) is 6.71. The molecule has 0 radical (unpaired) electrons. The topological polar surface area (TPSA) is 150 Å². The number of nitrogens with one attached hydrogen (secondary N) is 4. The van der Waals surface area contributed by atoms with E-state index in [2.05, 4.69) is 41.1 Å². The third-order valence-electron chi connectivity index (χ3n) is 10.2. The van der Waals surface area contributed by atoms with E-state index in [1.165, 1.54) is 12.8 Å². The van der Waals surface area contributed by atoms with Crippen molar-refractivity contribution in [2.24, 2.45) is 10.8 Å². The monoisotopic (exact) mass is 770 g/mol. The second-order valence-electron chi connectivity index (χ2n) is 15.5. The van der Waals surface area contributed by atoms with Gasteiger partial charge in [-0.25, -0.2) is 0 Å². The second kappa shape index (κ2) is 16.1. The predicted octanol–water partition coefficient (Wildman–Crippen LogP) is 6.41. The van der Waals surface area contributed by atoms with E-state index in [9.17, 15) is 27.6 Å². The van der Waals surface area contributed by atoms with Crippen LogP contribution in [0.5, 0.6) is 6.01 Å². The average molecular weight is 771 g/mol. The summed E-state index contributed by atoms with van der Waals surface area (Å²) in [6, 6.07) is 13.1. The number of carbonyl (C=O) groups excluding carboxylic acids is 3. The molecule has 2 amide bonds. The number of Topliss-reactive ketones (excluding diaryl/α,β-unsaturated/α-hetero) is 1. The molecule has 3 aliphatic rings. The molecule has 2 saturated carbocycles. The summed E-state index contributed by atoms with van der Waals surface area (Å²) >= 11 is 6.04. The highest BCUT2D eigenvalue weighted by Gasteiger charge is 2.46. The lowest BCUT2D eigenvalue weighted by molar-refractivity contribution is -0.154. The number of ether oxygens (including phenoxy) is 1.